The van der Waals surface area contributed by atoms with Crippen molar-refractivity contribution in [1.29, 1.82) is 0 Å². The van der Waals surface area contributed by atoms with Crippen LogP contribution in [0.4, 0.5) is 0 Å². The van der Waals surface area contributed by atoms with Gasteiger partial charge in [-0.3, -0.25) is 9.69 Å². The topological polar surface area (TPSA) is 116 Å². The molecule has 0 amide bonds. The molecule has 4 aliphatic heterocycles. The molecule has 11 nitrogen and oxygen atoms in total. The first-order valence-corrected chi connectivity index (χ1v) is 25.5. The monoisotopic (exact) mass is 933 g/mol. The van der Waals surface area contributed by atoms with Crippen molar-refractivity contribution in [3.63, 3.8) is 0 Å². The summed E-state index contributed by atoms with van der Waals surface area (Å²) in [5.74, 6) is 2.26. The average molecular weight is 933 g/mol. The van der Waals surface area contributed by atoms with Gasteiger partial charge in [-0.15, -0.1) is 0 Å². The van der Waals surface area contributed by atoms with Gasteiger partial charge in [0.05, 0.1) is 40.9 Å². The minimum absolute atomic E-state index is 0.189. The molecule has 368 valence electrons. The zero-order valence-electron chi connectivity index (χ0n) is 41.9. The van der Waals surface area contributed by atoms with E-state index in [1.54, 1.807) is 21.3 Å². The van der Waals surface area contributed by atoms with Gasteiger partial charge in [-0.2, -0.15) is 0 Å². The van der Waals surface area contributed by atoms with Crippen molar-refractivity contribution >= 4 is 11.9 Å². The van der Waals surface area contributed by atoms with E-state index in [4.69, 9.17) is 28.4 Å². The molecule has 0 radical (unpaired) electrons. The number of carbonyl (C=O) groups excluding carboxylic acids is 2. The molecule has 0 aromatic heterocycles. The Morgan fingerprint density at radius 1 is 0.721 bits per heavy atom. The fourth-order valence-electron chi connectivity index (χ4n) is 11.1. The Morgan fingerprint density at radius 2 is 1.32 bits per heavy atom. The molecular weight excluding hydrogens is 857 g/mol. The SMILES string of the molecule is CCCCCCCCCCCCCCCCC(C(=O)[O-])[N+]1(C)CCc2cc(OC)c3cc2C1Cc1ccc(cc1)Oc1cc(ccc1OC)CC1c2c(cc(OC)c(OC(C)=O)c2O3)CCN1C. The lowest BCUT2D eigenvalue weighted by Gasteiger charge is -2.51. The Morgan fingerprint density at radius 3 is 1.94 bits per heavy atom. The summed E-state index contributed by atoms with van der Waals surface area (Å²) in [5, 5.41) is 13.5. The van der Waals surface area contributed by atoms with Crippen LogP contribution < -0.4 is 33.5 Å². The highest BCUT2D eigenvalue weighted by Crippen LogP contribution is 2.53. The van der Waals surface area contributed by atoms with E-state index in [1.807, 2.05) is 48.5 Å². The van der Waals surface area contributed by atoms with E-state index in [0.717, 1.165) is 59.2 Å². The second-order valence-corrected chi connectivity index (χ2v) is 19.6. The van der Waals surface area contributed by atoms with Crippen LogP contribution in [0.15, 0.2) is 60.7 Å². The maximum atomic E-state index is 13.5. The summed E-state index contributed by atoms with van der Waals surface area (Å²) in [4.78, 5) is 28.7. The lowest BCUT2D eigenvalue weighted by atomic mass is 9.84. The third-order valence-electron chi connectivity index (χ3n) is 15.0. The number of benzene rings is 4. The first-order valence-electron chi connectivity index (χ1n) is 25.5. The van der Waals surface area contributed by atoms with Gasteiger partial charge in [-0.05, 0) is 91.0 Å². The molecule has 0 saturated carbocycles. The smallest absolute Gasteiger partial charge is 0.308 e. The molecule has 0 saturated heterocycles. The number of carbonyl (C=O) groups is 2. The van der Waals surface area contributed by atoms with Gasteiger partial charge < -0.3 is 42.8 Å². The molecule has 11 heteroatoms. The number of aliphatic carboxylic acids is 1. The van der Waals surface area contributed by atoms with Crippen molar-refractivity contribution in [3.05, 3.63) is 94.0 Å². The number of fused-ring (bicyclic) bond motifs is 2. The lowest BCUT2D eigenvalue weighted by molar-refractivity contribution is -0.958. The second kappa shape index (κ2) is 23.8. The fraction of sp³-hybridized carbons (Fsp3) is 0.544. The lowest BCUT2D eigenvalue weighted by Crippen LogP contribution is -2.63. The number of esters is 1. The summed E-state index contributed by atoms with van der Waals surface area (Å²) < 4.78 is 37.8. The van der Waals surface area contributed by atoms with Gasteiger partial charge in [0.2, 0.25) is 5.75 Å². The number of quaternary nitrogens is 1. The maximum Gasteiger partial charge on any atom is 0.308 e. The molecular formula is C57H76N2O9. The normalized spacial score (nSPS) is 19.1. The van der Waals surface area contributed by atoms with Crippen LogP contribution in [0.2, 0.25) is 0 Å². The van der Waals surface area contributed by atoms with Crippen molar-refractivity contribution < 1.29 is 47.6 Å². The highest BCUT2D eigenvalue weighted by molar-refractivity contribution is 5.74. The van der Waals surface area contributed by atoms with E-state index in [9.17, 15) is 14.7 Å². The van der Waals surface area contributed by atoms with Gasteiger partial charge in [0.15, 0.2) is 34.5 Å². The first-order chi connectivity index (χ1) is 33.0. The molecule has 4 aliphatic rings. The Hall–Kier alpha value is -5.26. The van der Waals surface area contributed by atoms with E-state index in [0.29, 0.717) is 78.9 Å². The highest BCUT2D eigenvalue weighted by atomic mass is 16.6. The molecule has 4 aromatic rings. The molecule has 0 spiro atoms. The van der Waals surface area contributed by atoms with Gasteiger partial charge in [0, 0.05) is 49.9 Å². The predicted octanol–water partition coefficient (Wildman–Crippen LogP) is 11.6. The quantitative estimate of drug-likeness (QED) is 0.0346. The van der Waals surface area contributed by atoms with Crippen molar-refractivity contribution in [2.75, 3.05) is 48.5 Å². The van der Waals surface area contributed by atoms with Crippen molar-refractivity contribution in [2.24, 2.45) is 0 Å². The summed E-state index contributed by atoms with van der Waals surface area (Å²) in [6.45, 7) is 5.03. The molecule has 4 atom stereocenters. The predicted molar refractivity (Wildman–Crippen MR) is 265 cm³/mol. The molecule has 6 bridgehead atoms. The van der Waals surface area contributed by atoms with Crippen molar-refractivity contribution in [3.8, 4) is 46.0 Å². The first kappa shape index (κ1) is 50.6. The van der Waals surface area contributed by atoms with E-state index in [-0.39, 0.29) is 22.3 Å². The summed E-state index contributed by atoms with van der Waals surface area (Å²) >= 11 is 0. The molecule has 4 heterocycles. The number of carboxylic acids is 1. The van der Waals surface area contributed by atoms with Crippen LogP contribution in [0.1, 0.15) is 156 Å². The van der Waals surface area contributed by atoms with Gasteiger partial charge in [-0.1, -0.05) is 109 Å². The number of likely N-dealkylation sites (N-methyl/N-ethyl adjacent to an activating group) is 2. The van der Waals surface area contributed by atoms with Gasteiger partial charge in [0.25, 0.3) is 0 Å². The van der Waals surface area contributed by atoms with Crippen molar-refractivity contribution in [1.82, 2.24) is 4.90 Å². The molecule has 4 aromatic carbocycles. The van der Waals surface area contributed by atoms with Gasteiger partial charge in [0.1, 0.15) is 17.8 Å². The average Bonchev–Trinajstić information content (AvgIpc) is 3.32. The van der Waals surface area contributed by atoms with E-state index >= 15 is 0 Å². The zero-order chi connectivity index (χ0) is 48.2. The van der Waals surface area contributed by atoms with E-state index in [2.05, 4.69) is 38.1 Å². The van der Waals surface area contributed by atoms with Crippen LogP contribution in [0.3, 0.4) is 0 Å². The van der Waals surface area contributed by atoms with Gasteiger partial charge >= 0.3 is 5.97 Å². The van der Waals surface area contributed by atoms with Gasteiger partial charge in [-0.25, -0.2) is 0 Å². The summed E-state index contributed by atoms with van der Waals surface area (Å²) in [6.07, 6.45) is 20.4. The number of nitrogens with zero attached hydrogens (tertiary/aromatic N) is 2. The number of methoxy groups -OCH3 is 3. The number of ether oxygens (including phenoxy) is 6. The minimum atomic E-state index is -1.01. The van der Waals surface area contributed by atoms with E-state index < -0.39 is 18.0 Å². The molecule has 0 fully saturated rings. The summed E-state index contributed by atoms with van der Waals surface area (Å²) in [6, 6.07) is 18.9. The third kappa shape index (κ3) is 11.9. The number of rotatable bonds is 21. The molecule has 0 aliphatic carbocycles. The number of unbranched alkanes of at least 4 members (excludes halogenated alkanes) is 13. The highest BCUT2D eigenvalue weighted by Gasteiger charge is 2.46. The van der Waals surface area contributed by atoms with Crippen LogP contribution in [0.5, 0.6) is 46.0 Å². The van der Waals surface area contributed by atoms with Crippen LogP contribution >= 0.6 is 0 Å². The molecule has 68 heavy (non-hydrogen) atoms. The minimum Gasteiger partial charge on any atom is -0.544 e. The standard InChI is InChI=1S/C57H76N2O9/c1-8-9-10-11-12-13-14-15-16-17-18-19-20-21-22-47(57(61)62)59(4)32-30-42-36-50(64-6)52-38-45(42)48(59)34-40-23-26-44(27-24-40)67-51-35-41(25-28-49(51)63-5)33-46-54-43(29-31-58(46)3)37-53(65-7)55(56(54)68-52)66-39(2)60/h23-28,35-38,46-48H,8-22,29-34H2,1-7H3. The van der Waals surface area contributed by atoms with Crippen LogP contribution in [0.25, 0.3) is 0 Å². The number of hydrogen-bond acceptors (Lipinski definition) is 10. The van der Waals surface area contributed by atoms with Crippen LogP contribution in [-0.2, 0) is 35.3 Å². The Kier molecular flexibility index (Phi) is 17.7. The molecule has 0 N–H and O–H groups in total. The number of hydrogen-bond donors (Lipinski definition) is 0. The summed E-state index contributed by atoms with van der Waals surface area (Å²) in [7, 11) is 9.03. The van der Waals surface area contributed by atoms with Crippen LogP contribution in [-0.4, -0.2) is 75.9 Å². The fourth-order valence-corrected chi connectivity index (χ4v) is 11.1. The Balaban J connectivity index is 1.24. The number of carboxylic acid groups (broad SMARTS) is 1. The van der Waals surface area contributed by atoms with Crippen molar-refractivity contribution in [2.45, 2.75) is 154 Å². The maximum absolute atomic E-state index is 13.5. The van der Waals surface area contributed by atoms with Crippen LogP contribution in [0, 0.1) is 0 Å². The molecule has 8 rings (SSSR count). The Labute approximate surface area is 405 Å². The third-order valence-corrected chi connectivity index (χ3v) is 15.0. The zero-order valence-corrected chi connectivity index (χ0v) is 41.9. The molecule has 4 unspecified atom stereocenters. The second-order valence-electron chi connectivity index (χ2n) is 19.6. The van der Waals surface area contributed by atoms with E-state index in [1.165, 1.54) is 77.6 Å². The largest absolute Gasteiger partial charge is 0.544 e. The Bertz CT molecular complexity index is 2330. The summed E-state index contributed by atoms with van der Waals surface area (Å²) in [5.41, 5.74) is 6.03.